The number of hydrogen-bond donors (Lipinski definition) is 1. The first-order valence-corrected chi connectivity index (χ1v) is 9.82. The third-order valence-corrected chi connectivity index (χ3v) is 5.22. The van der Waals surface area contributed by atoms with Crippen molar-refractivity contribution in [1.29, 1.82) is 0 Å². The van der Waals surface area contributed by atoms with E-state index < -0.39 is 0 Å². The van der Waals surface area contributed by atoms with Crippen molar-refractivity contribution in [1.82, 2.24) is 15.1 Å². The first-order valence-electron chi connectivity index (χ1n) is 8.84. The molecule has 3 rings (SSSR count). The van der Waals surface area contributed by atoms with Crippen LogP contribution in [0.15, 0.2) is 65.6 Å². The Balaban J connectivity index is 1.43. The van der Waals surface area contributed by atoms with Crippen LogP contribution in [0.2, 0.25) is 0 Å². The minimum atomic E-state index is -0.273. The van der Waals surface area contributed by atoms with Crippen molar-refractivity contribution in [2.75, 3.05) is 19.3 Å². The molecule has 0 unspecified atom stereocenters. The molecule has 140 valence electrons. The molecule has 27 heavy (non-hydrogen) atoms. The zero-order chi connectivity index (χ0) is 19.1. The Bertz CT molecular complexity index is 882. The average Bonchev–Trinajstić information content (AvgIpc) is 3.16. The number of aromatic nitrogens is 2. The Kier molecular flexibility index (Phi) is 6.65. The Hall–Kier alpha value is -2.60. The zero-order valence-corrected chi connectivity index (χ0v) is 16.0. The fourth-order valence-corrected chi connectivity index (χ4v) is 3.55. The van der Waals surface area contributed by atoms with Gasteiger partial charge >= 0.3 is 0 Å². The topological polar surface area (TPSA) is 49.0 Å². The molecule has 1 heterocycles. The Morgan fingerprint density at radius 3 is 2.74 bits per heavy atom. The molecule has 0 fully saturated rings. The minimum Gasteiger partial charge on any atom is -0.345 e. The second-order valence-corrected chi connectivity index (χ2v) is 7.36. The van der Waals surface area contributed by atoms with Gasteiger partial charge in [0.15, 0.2) is 0 Å². The molecule has 0 radical (unpaired) electrons. The van der Waals surface area contributed by atoms with Gasteiger partial charge in [0.25, 0.3) is 0 Å². The van der Waals surface area contributed by atoms with Crippen LogP contribution >= 0.6 is 11.8 Å². The molecular weight excluding hydrogens is 361 g/mol. The highest BCUT2D eigenvalue weighted by Gasteiger charge is 2.10. The maximum absolute atomic E-state index is 13.3. The van der Waals surface area contributed by atoms with Gasteiger partial charge in [0, 0.05) is 29.7 Å². The van der Waals surface area contributed by atoms with E-state index in [1.54, 1.807) is 22.7 Å². The standard InChI is InChI=1S/C21H22FN3OS/c1-25(21(26)15-27-19-10-3-2-4-11-19)12-6-9-18-14-20(24-23-18)16-7-5-8-17(22)13-16/h2-5,7-8,10-11,13-14H,6,9,12,15H2,1H3,(H,23,24). The van der Waals surface area contributed by atoms with Crippen molar-refractivity contribution in [2.45, 2.75) is 17.7 Å². The van der Waals surface area contributed by atoms with Gasteiger partial charge in [-0.3, -0.25) is 9.89 Å². The normalized spacial score (nSPS) is 10.7. The summed E-state index contributed by atoms with van der Waals surface area (Å²) in [6, 6.07) is 18.2. The number of carbonyl (C=O) groups excluding carboxylic acids is 1. The maximum Gasteiger partial charge on any atom is 0.232 e. The summed E-state index contributed by atoms with van der Waals surface area (Å²) in [4.78, 5) is 15.1. The molecule has 1 N–H and O–H groups in total. The van der Waals surface area contributed by atoms with E-state index in [-0.39, 0.29) is 11.7 Å². The third-order valence-electron chi connectivity index (χ3n) is 4.22. The van der Waals surface area contributed by atoms with Crippen molar-refractivity contribution < 1.29 is 9.18 Å². The number of hydrogen-bond acceptors (Lipinski definition) is 3. The minimum absolute atomic E-state index is 0.119. The summed E-state index contributed by atoms with van der Waals surface area (Å²) in [5.41, 5.74) is 2.46. The molecule has 0 saturated heterocycles. The molecule has 0 aliphatic carbocycles. The summed E-state index contributed by atoms with van der Waals surface area (Å²) in [7, 11) is 1.83. The highest BCUT2D eigenvalue weighted by Crippen LogP contribution is 2.19. The van der Waals surface area contributed by atoms with Gasteiger partial charge in [-0.2, -0.15) is 5.10 Å². The summed E-state index contributed by atoms with van der Waals surface area (Å²) in [5, 5.41) is 7.24. The van der Waals surface area contributed by atoms with Gasteiger partial charge in [0.1, 0.15) is 5.82 Å². The fraction of sp³-hybridized carbons (Fsp3) is 0.238. The van der Waals surface area contributed by atoms with E-state index in [4.69, 9.17) is 0 Å². The summed E-state index contributed by atoms with van der Waals surface area (Å²) in [6.07, 6.45) is 1.62. The molecule has 6 heteroatoms. The van der Waals surface area contributed by atoms with Crippen molar-refractivity contribution in [3.05, 3.63) is 72.2 Å². The lowest BCUT2D eigenvalue weighted by molar-refractivity contribution is -0.127. The van der Waals surface area contributed by atoms with Crippen molar-refractivity contribution in [3.8, 4) is 11.3 Å². The third kappa shape index (κ3) is 5.69. The predicted octanol–water partition coefficient (Wildman–Crippen LogP) is 4.40. The first kappa shape index (κ1) is 19.2. The van der Waals surface area contributed by atoms with Gasteiger partial charge in [0.2, 0.25) is 5.91 Å². The van der Waals surface area contributed by atoms with E-state index in [9.17, 15) is 9.18 Å². The van der Waals surface area contributed by atoms with Crippen molar-refractivity contribution in [2.24, 2.45) is 0 Å². The van der Waals surface area contributed by atoms with E-state index in [0.29, 0.717) is 12.3 Å². The van der Waals surface area contributed by atoms with E-state index in [1.807, 2.05) is 49.5 Å². The SMILES string of the molecule is CN(CCCc1cc(-c2cccc(F)c2)n[nH]1)C(=O)CSc1ccccc1. The van der Waals surface area contributed by atoms with E-state index >= 15 is 0 Å². The van der Waals surface area contributed by atoms with Crippen LogP contribution in [-0.2, 0) is 11.2 Å². The molecule has 1 amide bonds. The smallest absolute Gasteiger partial charge is 0.232 e. The van der Waals surface area contributed by atoms with Gasteiger partial charge in [0.05, 0.1) is 11.4 Å². The molecular formula is C21H22FN3OS. The Labute approximate surface area is 162 Å². The fourth-order valence-electron chi connectivity index (χ4n) is 2.69. The van der Waals surface area contributed by atoms with Gasteiger partial charge in [-0.1, -0.05) is 30.3 Å². The Morgan fingerprint density at radius 2 is 1.96 bits per heavy atom. The van der Waals surface area contributed by atoms with Crippen LogP contribution in [-0.4, -0.2) is 40.3 Å². The molecule has 0 atom stereocenters. The first-order chi connectivity index (χ1) is 13.1. The molecule has 0 aliphatic heterocycles. The maximum atomic E-state index is 13.3. The number of nitrogens with one attached hydrogen (secondary N) is 1. The van der Waals surface area contributed by atoms with Gasteiger partial charge < -0.3 is 4.90 Å². The Morgan fingerprint density at radius 1 is 1.15 bits per heavy atom. The number of nitrogens with zero attached hydrogens (tertiary/aromatic N) is 2. The lowest BCUT2D eigenvalue weighted by atomic mass is 10.1. The van der Waals surface area contributed by atoms with Crippen LogP contribution in [0.3, 0.4) is 0 Å². The second kappa shape index (κ2) is 9.37. The monoisotopic (exact) mass is 383 g/mol. The molecule has 0 saturated carbocycles. The van der Waals surface area contributed by atoms with Gasteiger partial charge in [-0.15, -0.1) is 11.8 Å². The second-order valence-electron chi connectivity index (χ2n) is 6.31. The van der Waals surface area contributed by atoms with Crippen LogP contribution in [0.4, 0.5) is 4.39 Å². The summed E-state index contributed by atoms with van der Waals surface area (Å²) in [6.45, 7) is 0.683. The lowest BCUT2D eigenvalue weighted by Crippen LogP contribution is -2.29. The largest absolute Gasteiger partial charge is 0.345 e. The zero-order valence-electron chi connectivity index (χ0n) is 15.2. The van der Waals surface area contributed by atoms with Crippen LogP contribution in [0, 0.1) is 5.82 Å². The number of rotatable bonds is 8. The number of benzene rings is 2. The van der Waals surface area contributed by atoms with Gasteiger partial charge in [-0.05, 0) is 43.2 Å². The van der Waals surface area contributed by atoms with Crippen LogP contribution < -0.4 is 0 Å². The molecule has 2 aromatic carbocycles. The van der Waals surface area contributed by atoms with Crippen LogP contribution in [0.5, 0.6) is 0 Å². The average molecular weight is 383 g/mol. The number of aryl methyl sites for hydroxylation is 1. The molecule has 0 bridgehead atoms. The van der Waals surface area contributed by atoms with E-state index in [2.05, 4.69) is 10.2 Å². The predicted molar refractivity (Wildman–Crippen MR) is 107 cm³/mol. The quantitative estimate of drug-likeness (QED) is 0.587. The number of halogens is 1. The highest BCUT2D eigenvalue weighted by atomic mass is 32.2. The van der Waals surface area contributed by atoms with E-state index in [0.717, 1.165) is 34.7 Å². The number of aromatic amines is 1. The van der Waals surface area contributed by atoms with Crippen molar-refractivity contribution >= 4 is 17.7 Å². The number of H-pyrrole nitrogens is 1. The van der Waals surface area contributed by atoms with E-state index in [1.165, 1.54) is 12.1 Å². The molecule has 1 aromatic heterocycles. The lowest BCUT2D eigenvalue weighted by Gasteiger charge is -2.16. The van der Waals surface area contributed by atoms with Crippen molar-refractivity contribution in [3.63, 3.8) is 0 Å². The summed E-state index contributed by atoms with van der Waals surface area (Å²) >= 11 is 1.55. The number of amides is 1. The molecule has 4 nitrogen and oxygen atoms in total. The highest BCUT2D eigenvalue weighted by molar-refractivity contribution is 8.00. The molecule has 0 spiro atoms. The van der Waals surface area contributed by atoms with Crippen LogP contribution in [0.1, 0.15) is 12.1 Å². The number of carbonyl (C=O) groups is 1. The van der Waals surface area contributed by atoms with Crippen LogP contribution in [0.25, 0.3) is 11.3 Å². The number of thioether (sulfide) groups is 1. The summed E-state index contributed by atoms with van der Waals surface area (Å²) in [5.74, 6) is 0.286. The molecule has 0 aliphatic rings. The van der Waals surface area contributed by atoms with Gasteiger partial charge in [-0.25, -0.2) is 4.39 Å². The summed E-state index contributed by atoms with van der Waals surface area (Å²) < 4.78 is 13.3. The molecule has 3 aromatic rings.